The van der Waals surface area contributed by atoms with Crippen LogP contribution in [0.15, 0.2) is 29.3 Å². The maximum absolute atomic E-state index is 6.11. The number of nitrogens with two attached hydrogens (primary N) is 1. The number of thioether (sulfide) groups is 1. The molecular formula is C19H32IN5OS. The van der Waals surface area contributed by atoms with E-state index in [9.17, 15) is 0 Å². The van der Waals surface area contributed by atoms with Crippen molar-refractivity contribution in [3.63, 3.8) is 0 Å². The molecule has 2 heterocycles. The van der Waals surface area contributed by atoms with Crippen LogP contribution in [-0.4, -0.2) is 86.7 Å². The molecule has 0 unspecified atom stereocenters. The summed E-state index contributed by atoms with van der Waals surface area (Å²) in [5, 5.41) is 0. The number of benzene rings is 1. The number of aliphatic imine (C=N–C) groups is 1. The maximum Gasteiger partial charge on any atom is 0.191 e. The van der Waals surface area contributed by atoms with Crippen molar-refractivity contribution in [2.24, 2.45) is 10.7 Å². The Labute approximate surface area is 184 Å². The zero-order chi connectivity index (χ0) is 18.2. The summed E-state index contributed by atoms with van der Waals surface area (Å²) in [6, 6.07) is 8.35. The van der Waals surface area contributed by atoms with E-state index in [0.717, 1.165) is 82.0 Å². The van der Waals surface area contributed by atoms with Crippen LogP contribution in [0.25, 0.3) is 0 Å². The number of methoxy groups -OCH3 is 1. The monoisotopic (exact) mass is 505 g/mol. The maximum atomic E-state index is 6.11. The molecule has 0 amide bonds. The third-order valence-electron chi connectivity index (χ3n) is 5.05. The zero-order valence-corrected chi connectivity index (χ0v) is 19.3. The van der Waals surface area contributed by atoms with Crippen LogP contribution in [0.5, 0.6) is 5.75 Å². The largest absolute Gasteiger partial charge is 0.497 e. The van der Waals surface area contributed by atoms with Crippen molar-refractivity contribution in [1.82, 2.24) is 9.80 Å². The highest BCUT2D eigenvalue weighted by Crippen LogP contribution is 2.20. The Bertz CT molecular complexity index is 572. The first kappa shape index (κ1) is 22.4. The summed E-state index contributed by atoms with van der Waals surface area (Å²) in [6.45, 7) is 8.35. The summed E-state index contributed by atoms with van der Waals surface area (Å²) in [7, 11) is 1.71. The molecule has 27 heavy (non-hydrogen) atoms. The lowest BCUT2D eigenvalue weighted by Gasteiger charge is -2.36. The van der Waals surface area contributed by atoms with Gasteiger partial charge in [0.1, 0.15) is 5.75 Å². The van der Waals surface area contributed by atoms with Crippen LogP contribution < -0.4 is 15.4 Å². The third-order valence-corrected chi connectivity index (χ3v) is 5.99. The smallest absolute Gasteiger partial charge is 0.191 e. The minimum Gasteiger partial charge on any atom is -0.497 e. The molecule has 2 saturated heterocycles. The lowest BCUT2D eigenvalue weighted by Crippen LogP contribution is -2.46. The molecule has 152 valence electrons. The fraction of sp³-hybridized carbons (Fsp3) is 0.632. The Morgan fingerprint density at radius 2 is 1.74 bits per heavy atom. The summed E-state index contributed by atoms with van der Waals surface area (Å²) >= 11 is 1.99. The van der Waals surface area contributed by atoms with E-state index in [-0.39, 0.29) is 24.0 Å². The molecule has 0 aliphatic carbocycles. The lowest BCUT2D eigenvalue weighted by atomic mass is 10.2. The first-order valence-electron chi connectivity index (χ1n) is 9.50. The Morgan fingerprint density at radius 1 is 1.07 bits per heavy atom. The number of hydrogen-bond acceptors (Lipinski definition) is 5. The van der Waals surface area contributed by atoms with E-state index in [1.165, 1.54) is 5.69 Å². The van der Waals surface area contributed by atoms with Gasteiger partial charge in [0.2, 0.25) is 0 Å². The van der Waals surface area contributed by atoms with Gasteiger partial charge in [0, 0.05) is 69.6 Å². The molecule has 6 nitrogen and oxygen atoms in total. The van der Waals surface area contributed by atoms with Gasteiger partial charge < -0.3 is 20.3 Å². The van der Waals surface area contributed by atoms with Crippen LogP contribution in [0, 0.1) is 0 Å². The predicted octanol–water partition coefficient (Wildman–Crippen LogP) is 2.19. The van der Waals surface area contributed by atoms with Gasteiger partial charge in [-0.25, -0.2) is 0 Å². The van der Waals surface area contributed by atoms with Gasteiger partial charge in [-0.05, 0) is 30.7 Å². The number of nitrogens with zero attached hydrogens (tertiary/aromatic N) is 4. The highest BCUT2D eigenvalue weighted by atomic mass is 127. The highest BCUT2D eigenvalue weighted by molar-refractivity contribution is 14.0. The Morgan fingerprint density at radius 3 is 2.37 bits per heavy atom. The number of hydrogen-bond donors (Lipinski definition) is 1. The minimum absolute atomic E-state index is 0. The molecule has 1 aromatic rings. The number of guanidine groups is 1. The van der Waals surface area contributed by atoms with Crippen LogP contribution in [-0.2, 0) is 0 Å². The van der Waals surface area contributed by atoms with E-state index in [0.29, 0.717) is 0 Å². The summed E-state index contributed by atoms with van der Waals surface area (Å²) in [5.41, 5.74) is 7.39. The van der Waals surface area contributed by atoms with Gasteiger partial charge >= 0.3 is 0 Å². The minimum atomic E-state index is 0. The molecule has 1 aromatic carbocycles. The topological polar surface area (TPSA) is 57.3 Å². The second kappa shape index (κ2) is 11.9. The van der Waals surface area contributed by atoms with Gasteiger partial charge in [0.25, 0.3) is 0 Å². The molecule has 0 saturated carbocycles. The zero-order valence-electron chi connectivity index (χ0n) is 16.2. The van der Waals surface area contributed by atoms with Gasteiger partial charge in [-0.2, -0.15) is 11.8 Å². The second-order valence-electron chi connectivity index (χ2n) is 6.72. The summed E-state index contributed by atoms with van der Waals surface area (Å²) in [4.78, 5) is 11.8. The molecule has 0 atom stereocenters. The van der Waals surface area contributed by atoms with E-state index in [1.54, 1.807) is 7.11 Å². The second-order valence-corrected chi connectivity index (χ2v) is 7.94. The normalized spacial score (nSPS) is 18.9. The molecular weight excluding hydrogens is 473 g/mol. The van der Waals surface area contributed by atoms with Gasteiger partial charge in [-0.15, -0.1) is 24.0 Å². The number of anilines is 1. The van der Waals surface area contributed by atoms with Gasteiger partial charge in [-0.3, -0.25) is 9.89 Å². The lowest BCUT2D eigenvalue weighted by molar-refractivity contribution is 0.256. The van der Waals surface area contributed by atoms with Gasteiger partial charge in [-0.1, -0.05) is 0 Å². The van der Waals surface area contributed by atoms with E-state index in [2.05, 4.69) is 31.8 Å². The summed E-state index contributed by atoms with van der Waals surface area (Å²) < 4.78 is 5.23. The van der Waals surface area contributed by atoms with Crippen molar-refractivity contribution in [2.45, 2.75) is 6.42 Å². The fourth-order valence-electron chi connectivity index (χ4n) is 3.40. The van der Waals surface area contributed by atoms with E-state index < -0.39 is 0 Å². The van der Waals surface area contributed by atoms with Crippen LogP contribution >= 0.6 is 35.7 Å². The molecule has 2 aliphatic rings. The number of rotatable bonds is 6. The Kier molecular flexibility index (Phi) is 9.84. The molecule has 0 aromatic heterocycles. The molecule has 2 fully saturated rings. The molecule has 2 N–H and O–H groups in total. The standard InChI is InChI=1S/C19H31N5OS.HI/c1-25-18-5-3-17(4-6-18)23-11-9-22(10-12-23)8-2-7-21-19(20)24-13-15-26-16-14-24;/h3-6H,2,7-16H2,1H3,(H2,20,21);1H. The van der Waals surface area contributed by atoms with Crippen molar-refractivity contribution in [3.8, 4) is 5.75 Å². The molecule has 0 bridgehead atoms. The summed E-state index contributed by atoms with van der Waals surface area (Å²) in [6.07, 6.45) is 1.08. The van der Waals surface area contributed by atoms with Crippen molar-refractivity contribution >= 4 is 47.4 Å². The van der Waals surface area contributed by atoms with Crippen molar-refractivity contribution < 1.29 is 4.74 Å². The average molecular weight is 505 g/mol. The number of halogens is 1. The molecule has 2 aliphatic heterocycles. The number of piperazine rings is 1. The van der Waals surface area contributed by atoms with Gasteiger partial charge in [0.05, 0.1) is 7.11 Å². The van der Waals surface area contributed by atoms with Crippen LogP contribution in [0.2, 0.25) is 0 Å². The van der Waals surface area contributed by atoms with Crippen LogP contribution in [0.3, 0.4) is 0 Å². The molecule has 0 radical (unpaired) electrons. The molecule has 8 heteroatoms. The highest BCUT2D eigenvalue weighted by Gasteiger charge is 2.17. The fourth-order valence-corrected chi connectivity index (χ4v) is 4.31. The summed E-state index contributed by atoms with van der Waals surface area (Å²) in [5.74, 6) is 3.97. The Balaban J connectivity index is 0.00000261. The first-order valence-corrected chi connectivity index (χ1v) is 10.7. The average Bonchev–Trinajstić information content (AvgIpc) is 2.72. The third kappa shape index (κ3) is 6.90. The predicted molar refractivity (Wildman–Crippen MR) is 127 cm³/mol. The van der Waals surface area contributed by atoms with Crippen molar-refractivity contribution in [1.29, 1.82) is 0 Å². The molecule has 0 spiro atoms. The number of ether oxygens (including phenoxy) is 1. The van der Waals surface area contributed by atoms with E-state index in [1.807, 2.05) is 23.9 Å². The molecule has 3 rings (SSSR count). The Hall–Kier alpha value is -0.870. The van der Waals surface area contributed by atoms with Crippen LogP contribution in [0.4, 0.5) is 5.69 Å². The van der Waals surface area contributed by atoms with Crippen LogP contribution in [0.1, 0.15) is 6.42 Å². The quantitative estimate of drug-likeness (QED) is 0.277. The van der Waals surface area contributed by atoms with Gasteiger partial charge in [0.15, 0.2) is 5.96 Å². The van der Waals surface area contributed by atoms with Crippen molar-refractivity contribution in [3.05, 3.63) is 24.3 Å². The van der Waals surface area contributed by atoms with Crippen molar-refractivity contribution in [2.75, 3.05) is 75.9 Å². The van der Waals surface area contributed by atoms with E-state index in [4.69, 9.17) is 10.5 Å². The SMILES string of the molecule is COc1ccc(N2CCN(CCCN=C(N)N3CCSCC3)CC2)cc1.I. The first-order chi connectivity index (χ1) is 12.8. The van der Waals surface area contributed by atoms with E-state index >= 15 is 0 Å².